The van der Waals surface area contributed by atoms with Crippen molar-refractivity contribution in [2.45, 2.75) is 20.3 Å². The van der Waals surface area contributed by atoms with Crippen LogP contribution in [0.2, 0.25) is 5.02 Å². The lowest BCUT2D eigenvalue weighted by Crippen LogP contribution is -2.44. The van der Waals surface area contributed by atoms with Gasteiger partial charge in [-0.25, -0.2) is 0 Å². The quantitative estimate of drug-likeness (QED) is 0.692. The number of carbonyl (C=O) groups is 2. The summed E-state index contributed by atoms with van der Waals surface area (Å²) in [6, 6.07) is 4.88. The molecular weight excluding hydrogens is 320 g/mol. The van der Waals surface area contributed by atoms with Crippen LogP contribution in [0, 0.1) is 11.3 Å². The van der Waals surface area contributed by atoms with Crippen molar-refractivity contribution in [3.8, 4) is 5.75 Å². The largest absolute Gasteiger partial charge is 0.492 e. The number of hydrogen-bond donors (Lipinski definition) is 3. The van der Waals surface area contributed by atoms with E-state index in [1.807, 2.05) is 13.8 Å². The minimum atomic E-state index is -1.43. The Bertz CT molecular complexity index is 598. The third kappa shape index (κ3) is 3.95. The molecule has 3 N–H and O–H groups in total. The molecule has 23 heavy (non-hydrogen) atoms. The van der Waals surface area contributed by atoms with Gasteiger partial charge in [0.05, 0.1) is 11.6 Å². The molecule has 1 saturated heterocycles. The summed E-state index contributed by atoms with van der Waals surface area (Å²) in [7, 11) is 0. The Balaban J connectivity index is 2.09. The summed E-state index contributed by atoms with van der Waals surface area (Å²) in [5.41, 5.74) is -0.983. The van der Waals surface area contributed by atoms with Gasteiger partial charge in [0, 0.05) is 12.2 Å². The topological polar surface area (TPSA) is 87.7 Å². The molecule has 7 heteroatoms. The van der Waals surface area contributed by atoms with E-state index in [9.17, 15) is 14.7 Å². The van der Waals surface area contributed by atoms with E-state index in [0.717, 1.165) is 0 Å². The Morgan fingerprint density at radius 1 is 1.48 bits per heavy atom. The first-order chi connectivity index (χ1) is 10.8. The maximum Gasteiger partial charge on any atom is 0.320 e. The van der Waals surface area contributed by atoms with Crippen LogP contribution in [-0.4, -0.2) is 36.7 Å². The molecule has 1 amide bonds. The smallest absolute Gasteiger partial charge is 0.320 e. The van der Waals surface area contributed by atoms with Gasteiger partial charge in [0.1, 0.15) is 5.75 Å². The molecule has 0 radical (unpaired) electrons. The third-order valence-corrected chi connectivity index (χ3v) is 4.06. The van der Waals surface area contributed by atoms with Crippen molar-refractivity contribution in [1.29, 1.82) is 0 Å². The van der Waals surface area contributed by atoms with Gasteiger partial charge < -0.3 is 20.5 Å². The third-order valence-electron chi connectivity index (χ3n) is 3.76. The molecule has 2 rings (SSSR count). The van der Waals surface area contributed by atoms with E-state index in [1.54, 1.807) is 18.2 Å². The Morgan fingerprint density at radius 3 is 2.74 bits per heavy atom. The van der Waals surface area contributed by atoms with Crippen molar-refractivity contribution in [3.63, 3.8) is 0 Å². The van der Waals surface area contributed by atoms with Crippen LogP contribution in [0.3, 0.4) is 0 Å². The standard InChI is InChI=1S/C16H21ClN2O4/c1-10(2)8-23-13-4-3-11(7-12(13)17)19-14(20)16(15(21)22)5-6-18-9-16/h3-4,7,10,18H,5-6,8-9H2,1-2H3,(H,19,20)(H,21,22). The number of amides is 1. The van der Waals surface area contributed by atoms with Crippen LogP contribution < -0.4 is 15.4 Å². The lowest BCUT2D eigenvalue weighted by molar-refractivity contribution is -0.152. The maximum absolute atomic E-state index is 12.4. The molecule has 0 spiro atoms. The van der Waals surface area contributed by atoms with Crippen molar-refractivity contribution >= 4 is 29.2 Å². The van der Waals surface area contributed by atoms with Crippen LogP contribution in [0.25, 0.3) is 0 Å². The average Bonchev–Trinajstić information content (AvgIpc) is 2.97. The number of hydrogen-bond acceptors (Lipinski definition) is 4. The normalized spacial score (nSPS) is 20.5. The highest BCUT2D eigenvalue weighted by Crippen LogP contribution is 2.31. The number of ether oxygens (including phenoxy) is 1. The molecule has 1 atom stereocenters. The summed E-state index contributed by atoms with van der Waals surface area (Å²) in [6.45, 7) is 5.23. The van der Waals surface area contributed by atoms with E-state index in [1.165, 1.54) is 0 Å². The van der Waals surface area contributed by atoms with Gasteiger partial charge in [0.2, 0.25) is 5.91 Å². The highest BCUT2D eigenvalue weighted by Gasteiger charge is 2.48. The fourth-order valence-electron chi connectivity index (χ4n) is 2.37. The molecule has 1 aliphatic heterocycles. The lowest BCUT2D eigenvalue weighted by Gasteiger charge is -2.22. The molecule has 1 aliphatic rings. The molecule has 0 aromatic heterocycles. The van der Waals surface area contributed by atoms with E-state index in [2.05, 4.69) is 10.6 Å². The number of anilines is 1. The predicted octanol–water partition coefficient (Wildman–Crippen LogP) is 2.38. The van der Waals surface area contributed by atoms with Crippen LogP contribution in [0.4, 0.5) is 5.69 Å². The van der Waals surface area contributed by atoms with Gasteiger partial charge in [-0.1, -0.05) is 25.4 Å². The van der Waals surface area contributed by atoms with Crippen molar-refractivity contribution in [3.05, 3.63) is 23.2 Å². The van der Waals surface area contributed by atoms with E-state index in [0.29, 0.717) is 35.5 Å². The van der Waals surface area contributed by atoms with Crippen molar-refractivity contribution in [2.75, 3.05) is 25.0 Å². The summed E-state index contributed by atoms with van der Waals surface area (Å²) in [6.07, 6.45) is 0.261. The molecule has 0 aliphatic carbocycles. The zero-order valence-corrected chi connectivity index (χ0v) is 13.9. The molecular formula is C16H21ClN2O4. The van der Waals surface area contributed by atoms with Crippen LogP contribution >= 0.6 is 11.6 Å². The second-order valence-corrected chi connectivity index (χ2v) is 6.53. The van der Waals surface area contributed by atoms with E-state index >= 15 is 0 Å². The van der Waals surface area contributed by atoms with E-state index < -0.39 is 17.3 Å². The Kier molecular flexibility index (Phi) is 5.49. The van der Waals surface area contributed by atoms with Gasteiger partial charge in [-0.3, -0.25) is 9.59 Å². The van der Waals surface area contributed by atoms with Gasteiger partial charge in [0.15, 0.2) is 5.41 Å². The van der Waals surface area contributed by atoms with Gasteiger partial charge in [-0.15, -0.1) is 0 Å². The van der Waals surface area contributed by atoms with Crippen molar-refractivity contribution < 1.29 is 19.4 Å². The number of carbonyl (C=O) groups excluding carboxylic acids is 1. The Morgan fingerprint density at radius 2 is 2.22 bits per heavy atom. The summed E-state index contributed by atoms with van der Waals surface area (Å²) in [5, 5.41) is 15.3. The second-order valence-electron chi connectivity index (χ2n) is 6.12. The number of nitrogens with one attached hydrogen (secondary N) is 2. The number of benzene rings is 1. The zero-order valence-electron chi connectivity index (χ0n) is 13.2. The van der Waals surface area contributed by atoms with E-state index in [-0.39, 0.29) is 13.0 Å². The molecule has 1 unspecified atom stereocenters. The molecule has 1 fully saturated rings. The lowest BCUT2D eigenvalue weighted by atomic mass is 9.86. The summed E-state index contributed by atoms with van der Waals surface area (Å²) < 4.78 is 5.57. The molecule has 126 valence electrons. The van der Waals surface area contributed by atoms with Gasteiger partial charge >= 0.3 is 5.97 Å². The van der Waals surface area contributed by atoms with Gasteiger partial charge in [0.25, 0.3) is 0 Å². The van der Waals surface area contributed by atoms with E-state index in [4.69, 9.17) is 16.3 Å². The summed E-state index contributed by atoms with van der Waals surface area (Å²) in [4.78, 5) is 23.9. The number of halogens is 1. The van der Waals surface area contributed by atoms with Gasteiger partial charge in [-0.05, 0) is 37.1 Å². The van der Waals surface area contributed by atoms with Crippen LogP contribution in [0.15, 0.2) is 18.2 Å². The first-order valence-corrected chi connectivity index (χ1v) is 7.91. The van der Waals surface area contributed by atoms with Gasteiger partial charge in [-0.2, -0.15) is 0 Å². The zero-order chi connectivity index (χ0) is 17.0. The average molecular weight is 341 g/mol. The fraction of sp³-hybridized carbons (Fsp3) is 0.500. The first-order valence-electron chi connectivity index (χ1n) is 7.53. The van der Waals surface area contributed by atoms with Crippen LogP contribution in [-0.2, 0) is 9.59 Å². The van der Waals surface area contributed by atoms with Crippen molar-refractivity contribution in [1.82, 2.24) is 5.32 Å². The molecule has 1 aromatic carbocycles. The minimum Gasteiger partial charge on any atom is -0.492 e. The van der Waals surface area contributed by atoms with Crippen LogP contribution in [0.5, 0.6) is 5.75 Å². The highest BCUT2D eigenvalue weighted by molar-refractivity contribution is 6.32. The first kappa shape index (κ1) is 17.6. The predicted molar refractivity (Wildman–Crippen MR) is 88.0 cm³/mol. The Labute approximate surface area is 140 Å². The van der Waals surface area contributed by atoms with Crippen molar-refractivity contribution in [2.24, 2.45) is 11.3 Å². The summed E-state index contributed by atoms with van der Waals surface area (Å²) >= 11 is 6.15. The SMILES string of the molecule is CC(C)COc1ccc(NC(=O)C2(C(=O)O)CCNC2)cc1Cl. The molecule has 1 aromatic rings. The highest BCUT2D eigenvalue weighted by atomic mass is 35.5. The minimum absolute atomic E-state index is 0.123. The number of carboxylic acid groups (broad SMARTS) is 1. The molecule has 0 saturated carbocycles. The molecule has 0 bridgehead atoms. The number of aliphatic carboxylic acids is 1. The number of carboxylic acids is 1. The number of rotatable bonds is 6. The molecule has 6 nitrogen and oxygen atoms in total. The fourth-order valence-corrected chi connectivity index (χ4v) is 2.60. The Hall–Kier alpha value is -1.79. The molecule has 1 heterocycles. The monoisotopic (exact) mass is 340 g/mol. The van der Waals surface area contributed by atoms with Crippen LogP contribution in [0.1, 0.15) is 20.3 Å². The summed E-state index contributed by atoms with van der Waals surface area (Å²) in [5.74, 6) is -0.755. The second kappa shape index (κ2) is 7.19. The maximum atomic E-state index is 12.4.